The van der Waals surface area contributed by atoms with Gasteiger partial charge < -0.3 is 9.84 Å². The maximum atomic E-state index is 11.5. The summed E-state index contributed by atoms with van der Waals surface area (Å²) in [6.07, 6.45) is 5.08. The van der Waals surface area contributed by atoms with Crippen LogP contribution in [0.5, 0.6) is 0 Å². The normalized spacial score (nSPS) is 38.2. The molecular formula is C17H28O3. The Labute approximate surface area is 122 Å². The van der Waals surface area contributed by atoms with E-state index in [1.165, 1.54) is 18.9 Å². The van der Waals surface area contributed by atoms with E-state index in [2.05, 4.69) is 13.5 Å². The van der Waals surface area contributed by atoms with Gasteiger partial charge in [-0.2, -0.15) is 0 Å². The van der Waals surface area contributed by atoms with E-state index in [0.717, 1.165) is 25.7 Å². The number of ether oxygens (including phenoxy) is 1. The fourth-order valence-electron chi connectivity index (χ4n) is 4.41. The van der Waals surface area contributed by atoms with E-state index in [-0.39, 0.29) is 29.3 Å². The van der Waals surface area contributed by atoms with Gasteiger partial charge in [0.1, 0.15) is 6.10 Å². The molecule has 20 heavy (non-hydrogen) atoms. The first-order valence-electron chi connectivity index (χ1n) is 7.72. The standard InChI is InChI=1S/C17H28O3/c1-11-7-6-9-17(5)10-8-13(16(3,4)19)15(14(11)17)20-12(2)18/h13-15,19H,1,6-10H2,2-5H3/t13-,14-,15+,17-/m1/s1. The summed E-state index contributed by atoms with van der Waals surface area (Å²) in [5.74, 6) is -0.0866. The van der Waals surface area contributed by atoms with Crippen LogP contribution in [0, 0.1) is 17.3 Å². The second kappa shape index (κ2) is 5.18. The zero-order chi connectivity index (χ0) is 15.1. The summed E-state index contributed by atoms with van der Waals surface area (Å²) in [5.41, 5.74) is 0.523. The monoisotopic (exact) mass is 280 g/mol. The Morgan fingerprint density at radius 1 is 1.45 bits per heavy atom. The van der Waals surface area contributed by atoms with E-state index in [1.54, 1.807) is 0 Å². The van der Waals surface area contributed by atoms with Crippen molar-refractivity contribution in [1.29, 1.82) is 0 Å². The number of rotatable bonds is 2. The molecule has 3 nitrogen and oxygen atoms in total. The predicted octanol–water partition coefficient (Wildman–Crippen LogP) is 3.46. The average molecular weight is 280 g/mol. The SMILES string of the molecule is C=C1CCC[C@]2(C)CC[C@@H](C(C)(C)O)[C@H](OC(C)=O)[C@@H]12. The second-order valence-corrected chi connectivity index (χ2v) is 7.52. The minimum Gasteiger partial charge on any atom is -0.461 e. The van der Waals surface area contributed by atoms with Crippen molar-refractivity contribution in [2.24, 2.45) is 17.3 Å². The molecule has 0 aromatic heterocycles. The van der Waals surface area contributed by atoms with Crippen LogP contribution in [0.4, 0.5) is 0 Å². The highest BCUT2D eigenvalue weighted by atomic mass is 16.5. The quantitative estimate of drug-likeness (QED) is 0.622. The molecule has 0 bridgehead atoms. The van der Waals surface area contributed by atoms with Gasteiger partial charge in [-0.05, 0) is 51.4 Å². The van der Waals surface area contributed by atoms with Gasteiger partial charge in [0, 0.05) is 18.8 Å². The van der Waals surface area contributed by atoms with Gasteiger partial charge in [0.15, 0.2) is 0 Å². The number of hydrogen-bond acceptors (Lipinski definition) is 3. The molecular weight excluding hydrogens is 252 g/mol. The topological polar surface area (TPSA) is 46.5 Å². The van der Waals surface area contributed by atoms with Crippen molar-refractivity contribution in [1.82, 2.24) is 0 Å². The van der Waals surface area contributed by atoms with Crippen LogP contribution in [0.1, 0.15) is 59.8 Å². The Balaban J connectivity index is 2.37. The number of carbonyl (C=O) groups is 1. The lowest BCUT2D eigenvalue weighted by Crippen LogP contribution is -2.54. The number of hydrogen-bond donors (Lipinski definition) is 1. The molecule has 0 spiro atoms. The Morgan fingerprint density at radius 2 is 2.10 bits per heavy atom. The van der Waals surface area contributed by atoms with E-state index in [0.29, 0.717) is 0 Å². The fourth-order valence-corrected chi connectivity index (χ4v) is 4.41. The van der Waals surface area contributed by atoms with Gasteiger partial charge in [-0.15, -0.1) is 0 Å². The van der Waals surface area contributed by atoms with Gasteiger partial charge in [-0.3, -0.25) is 4.79 Å². The van der Waals surface area contributed by atoms with E-state index >= 15 is 0 Å². The molecule has 1 N–H and O–H groups in total. The zero-order valence-corrected chi connectivity index (χ0v) is 13.2. The van der Waals surface area contributed by atoms with Crippen molar-refractivity contribution in [2.75, 3.05) is 0 Å². The molecule has 0 amide bonds. The zero-order valence-electron chi connectivity index (χ0n) is 13.2. The van der Waals surface area contributed by atoms with Crippen molar-refractivity contribution in [3.8, 4) is 0 Å². The largest absolute Gasteiger partial charge is 0.461 e. The van der Waals surface area contributed by atoms with Crippen LogP contribution in [0.15, 0.2) is 12.2 Å². The highest BCUT2D eigenvalue weighted by Crippen LogP contribution is 2.55. The lowest BCUT2D eigenvalue weighted by molar-refractivity contribution is -0.174. The predicted molar refractivity (Wildman–Crippen MR) is 79.2 cm³/mol. The molecule has 2 aliphatic carbocycles. The second-order valence-electron chi connectivity index (χ2n) is 7.52. The molecule has 0 aliphatic heterocycles. The molecule has 0 aromatic carbocycles. The van der Waals surface area contributed by atoms with Gasteiger partial charge in [0.2, 0.25) is 0 Å². The smallest absolute Gasteiger partial charge is 0.302 e. The maximum Gasteiger partial charge on any atom is 0.302 e. The number of carbonyl (C=O) groups excluding carboxylic acids is 1. The molecule has 2 saturated carbocycles. The third kappa shape index (κ3) is 2.78. The summed E-state index contributed by atoms with van der Waals surface area (Å²) in [7, 11) is 0. The lowest BCUT2D eigenvalue weighted by atomic mass is 9.54. The molecule has 4 atom stereocenters. The fraction of sp³-hybridized carbons (Fsp3) is 0.824. The molecule has 0 unspecified atom stereocenters. The van der Waals surface area contributed by atoms with Crippen LogP contribution >= 0.6 is 0 Å². The van der Waals surface area contributed by atoms with Crippen molar-refractivity contribution in [3.63, 3.8) is 0 Å². The lowest BCUT2D eigenvalue weighted by Gasteiger charge is -2.54. The first-order valence-corrected chi connectivity index (χ1v) is 7.72. The highest BCUT2D eigenvalue weighted by molar-refractivity contribution is 5.66. The minimum absolute atomic E-state index is 0.0145. The maximum absolute atomic E-state index is 11.5. The van der Waals surface area contributed by atoms with Crippen molar-refractivity contribution in [2.45, 2.75) is 71.5 Å². The van der Waals surface area contributed by atoms with Crippen molar-refractivity contribution < 1.29 is 14.6 Å². The summed E-state index contributed by atoms with van der Waals surface area (Å²) < 4.78 is 5.68. The van der Waals surface area contributed by atoms with Crippen LogP contribution in [-0.2, 0) is 9.53 Å². The first kappa shape index (κ1) is 15.6. The summed E-state index contributed by atoms with van der Waals surface area (Å²) in [4.78, 5) is 11.5. The summed E-state index contributed by atoms with van der Waals surface area (Å²) in [6.45, 7) is 11.6. The molecule has 0 saturated heterocycles. The molecule has 114 valence electrons. The summed E-state index contributed by atoms with van der Waals surface area (Å²) in [6, 6.07) is 0. The van der Waals surface area contributed by atoms with E-state index in [4.69, 9.17) is 4.74 Å². The van der Waals surface area contributed by atoms with Crippen LogP contribution in [0.3, 0.4) is 0 Å². The Morgan fingerprint density at radius 3 is 2.65 bits per heavy atom. The molecule has 2 aliphatic rings. The number of fused-ring (bicyclic) bond motifs is 1. The molecule has 0 radical (unpaired) electrons. The third-order valence-corrected chi connectivity index (χ3v) is 5.40. The molecule has 2 fully saturated rings. The van der Waals surface area contributed by atoms with Gasteiger partial charge in [-0.25, -0.2) is 0 Å². The van der Waals surface area contributed by atoms with Crippen LogP contribution in [0.2, 0.25) is 0 Å². The van der Waals surface area contributed by atoms with Gasteiger partial charge in [-0.1, -0.05) is 19.1 Å². The summed E-state index contributed by atoms with van der Waals surface area (Å²) in [5, 5.41) is 10.5. The van der Waals surface area contributed by atoms with Crippen LogP contribution in [-0.4, -0.2) is 22.8 Å². The Bertz CT molecular complexity index is 407. The minimum atomic E-state index is -0.834. The average Bonchev–Trinajstić information content (AvgIpc) is 2.25. The van der Waals surface area contributed by atoms with Gasteiger partial charge in [0.05, 0.1) is 5.60 Å². The summed E-state index contributed by atoms with van der Waals surface area (Å²) >= 11 is 0. The van der Waals surface area contributed by atoms with Crippen molar-refractivity contribution in [3.05, 3.63) is 12.2 Å². The Hall–Kier alpha value is -0.830. The third-order valence-electron chi connectivity index (χ3n) is 5.40. The van der Waals surface area contributed by atoms with Crippen molar-refractivity contribution >= 4 is 5.97 Å². The number of esters is 1. The molecule has 0 aromatic rings. The van der Waals surface area contributed by atoms with Crippen LogP contribution < -0.4 is 0 Å². The van der Waals surface area contributed by atoms with Gasteiger partial charge in [0.25, 0.3) is 0 Å². The molecule has 3 heteroatoms. The Kier molecular flexibility index (Phi) is 4.03. The van der Waals surface area contributed by atoms with E-state index in [9.17, 15) is 9.90 Å². The van der Waals surface area contributed by atoms with E-state index < -0.39 is 5.60 Å². The molecule has 2 rings (SSSR count). The van der Waals surface area contributed by atoms with Crippen LogP contribution in [0.25, 0.3) is 0 Å². The van der Waals surface area contributed by atoms with E-state index in [1.807, 2.05) is 13.8 Å². The molecule has 0 heterocycles. The highest BCUT2D eigenvalue weighted by Gasteiger charge is 2.53. The first-order chi connectivity index (χ1) is 9.15. The number of aliphatic hydroxyl groups is 1. The van der Waals surface area contributed by atoms with Gasteiger partial charge >= 0.3 is 5.97 Å².